The molecule has 0 saturated carbocycles. The molecule has 4 aromatic rings. The van der Waals surface area contributed by atoms with Crippen molar-refractivity contribution in [2.24, 2.45) is 0 Å². The van der Waals surface area contributed by atoms with Crippen LogP contribution in [0.3, 0.4) is 0 Å². The minimum Gasteiger partial charge on any atom is -0.380 e. The van der Waals surface area contributed by atoms with E-state index in [9.17, 15) is 9.59 Å². The summed E-state index contributed by atoms with van der Waals surface area (Å²) in [7, 11) is 0. The highest BCUT2D eigenvalue weighted by atomic mass is 35.5. The number of aryl methyl sites for hydroxylation is 2. The number of nitrogens with zero attached hydrogens (tertiary/aromatic N) is 2. The van der Waals surface area contributed by atoms with Crippen molar-refractivity contribution in [2.75, 3.05) is 40.0 Å². The summed E-state index contributed by atoms with van der Waals surface area (Å²) in [6, 6.07) is 12.1. The number of anilines is 3. The van der Waals surface area contributed by atoms with Crippen LogP contribution < -0.4 is 15.1 Å². The van der Waals surface area contributed by atoms with Gasteiger partial charge in [0, 0.05) is 90.3 Å². The number of benzene rings is 3. The Hall–Kier alpha value is -2.80. The number of hydrogen-bond donors (Lipinski definition) is 1. The molecule has 43 heavy (non-hydrogen) atoms. The van der Waals surface area contributed by atoms with Crippen molar-refractivity contribution in [3.8, 4) is 0 Å². The first kappa shape index (κ1) is 27.7. The van der Waals surface area contributed by atoms with Gasteiger partial charge in [0.15, 0.2) is 0 Å². The topological polar surface area (TPSA) is 52.7 Å². The van der Waals surface area contributed by atoms with E-state index in [0.29, 0.717) is 24.8 Å². The van der Waals surface area contributed by atoms with E-state index >= 15 is 0 Å². The van der Waals surface area contributed by atoms with Crippen LogP contribution in [-0.4, -0.2) is 42.2 Å². The van der Waals surface area contributed by atoms with Crippen LogP contribution in [0.25, 0.3) is 20.9 Å². The second kappa shape index (κ2) is 11.6. The van der Waals surface area contributed by atoms with E-state index < -0.39 is 19.2 Å². The van der Waals surface area contributed by atoms with Crippen LogP contribution in [-0.2, 0) is 9.59 Å². The van der Waals surface area contributed by atoms with Crippen molar-refractivity contribution in [2.45, 2.75) is 71.2 Å². The van der Waals surface area contributed by atoms with Crippen molar-refractivity contribution in [1.82, 2.24) is 0 Å². The number of nitrogens with one attached hydrogen (secondary N) is 1. The molecule has 1 N–H and O–H groups in total. The Morgan fingerprint density at radius 3 is 2.12 bits per heavy atom. The van der Waals surface area contributed by atoms with Gasteiger partial charge >= 0.3 is 0 Å². The highest BCUT2D eigenvalue weighted by Crippen LogP contribution is 2.47. The molecule has 0 unspecified atom stereocenters. The highest BCUT2D eigenvalue weighted by Gasteiger charge is 2.36. The van der Waals surface area contributed by atoms with Gasteiger partial charge in [-0.05, 0) is 86.1 Å². The summed E-state index contributed by atoms with van der Waals surface area (Å²) in [4.78, 5) is 31.0. The molecule has 0 spiro atoms. The van der Waals surface area contributed by atoms with Crippen molar-refractivity contribution >= 4 is 84.3 Å². The summed E-state index contributed by atoms with van der Waals surface area (Å²) in [5, 5.41) is 8.96. The van der Waals surface area contributed by atoms with E-state index in [1.807, 2.05) is 31.2 Å². The fourth-order valence-corrected chi connectivity index (χ4v) is 8.29. The Kier molecular flexibility index (Phi) is 7.48. The van der Waals surface area contributed by atoms with E-state index in [2.05, 4.69) is 50.5 Å². The number of carbonyl (C=O) groups excluding carboxylic acids is 2. The number of carbonyl (C=O) groups is 2. The van der Waals surface area contributed by atoms with Gasteiger partial charge in [-0.2, -0.15) is 0 Å². The largest absolute Gasteiger partial charge is 0.380 e. The molecule has 226 valence electrons. The van der Waals surface area contributed by atoms with Crippen LogP contribution in [0.5, 0.6) is 0 Å². The Bertz CT molecular complexity index is 1830. The molecular weight excluding hydrogens is 597 g/mol. The fraction of sp³-hybridized carbons (Fsp3) is 0.429. The van der Waals surface area contributed by atoms with Crippen molar-refractivity contribution in [3.05, 3.63) is 64.0 Å². The van der Waals surface area contributed by atoms with Crippen LogP contribution in [0, 0.1) is 13.8 Å². The maximum Gasteiger partial charge on any atom is 0.227 e. The number of halogens is 2. The van der Waals surface area contributed by atoms with Gasteiger partial charge in [0.2, 0.25) is 11.8 Å². The van der Waals surface area contributed by atoms with Crippen LogP contribution in [0.1, 0.15) is 76.8 Å². The van der Waals surface area contributed by atoms with Gasteiger partial charge in [0.05, 0.1) is 0 Å². The third-order valence-corrected chi connectivity index (χ3v) is 10.5. The lowest BCUT2D eigenvalue weighted by molar-refractivity contribution is -0.119. The number of hydrogen-bond acceptors (Lipinski definition) is 4. The highest BCUT2D eigenvalue weighted by molar-refractivity contribution is 7.17. The fourth-order valence-electron chi connectivity index (χ4n) is 6.74. The number of fused-ring (bicyclic) bond motifs is 6. The molecular formula is C35H39Cl2N3O2S. The average molecular weight is 639 g/mol. The Morgan fingerprint density at radius 1 is 0.930 bits per heavy atom. The quantitative estimate of drug-likeness (QED) is 0.206. The van der Waals surface area contributed by atoms with Crippen molar-refractivity contribution in [3.63, 3.8) is 0 Å². The molecule has 5 nitrogen and oxygen atoms in total. The van der Waals surface area contributed by atoms with Crippen molar-refractivity contribution in [1.29, 1.82) is 0 Å². The van der Waals surface area contributed by atoms with Crippen LogP contribution in [0.2, 0.25) is 0 Å². The molecule has 6 rings (SSSR count). The SMILES string of the molecule is [2H]C([2H])(CC(=O)N1C[C@@H](CCl)c2c1cc(NC(C)(C)C)c1ccccc21)CC(=O)N1C[C@@H](CCl)c2c1cc(C)c1scc(C)c21. The molecule has 3 heterocycles. The molecule has 8 heteroatoms. The third kappa shape index (κ3) is 5.40. The maximum absolute atomic E-state index is 13.9. The number of amides is 2. The first-order chi connectivity index (χ1) is 21.2. The predicted octanol–water partition coefficient (Wildman–Crippen LogP) is 9.09. The number of thiophene rings is 1. The van der Waals surface area contributed by atoms with E-state index in [1.54, 1.807) is 21.1 Å². The Balaban J connectivity index is 1.27. The Morgan fingerprint density at radius 2 is 1.51 bits per heavy atom. The average Bonchev–Trinajstić information content (AvgIpc) is 3.65. The van der Waals surface area contributed by atoms with Gasteiger partial charge in [0.25, 0.3) is 0 Å². The van der Waals surface area contributed by atoms with E-state index in [1.165, 1.54) is 4.70 Å². The smallest absolute Gasteiger partial charge is 0.227 e. The minimum atomic E-state index is -2.05. The molecule has 0 radical (unpaired) electrons. The summed E-state index contributed by atoms with van der Waals surface area (Å²) in [6.07, 6.45) is -2.86. The molecule has 0 fully saturated rings. The summed E-state index contributed by atoms with van der Waals surface area (Å²) in [5.74, 6) is -0.103. The van der Waals surface area contributed by atoms with Gasteiger partial charge in [-0.1, -0.05) is 24.3 Å². The number of rotatable bonds is 7. The zero-order valence-corrected chi connectivity index (χ0v) is 27.6. The summed E-state index contributed by atoms with van der Waals surface area (Å²) in [5.41, 5.74) is 6.59. The van der Waals surface area contributed by atoms with E-state index in [4.69, 9.17) is 25.9 Å². The molecule has 2 aliphatic rings. The lowest BCUT2D eigenvalue weighted by Gasteiger charge is -2.26. The summed E-state index contributed by atoms with van der Waals surface area (Å²) < 4.78 is 18.9. The molecule has 2 aliphatic heterocycles. The monoisotopic (exact) mass is 637 g/mol. The standard InChI is InChI=1S/C35H39Cl2N3O2S/c1-20-13-27-33(31-21(2)19-43-34(20)31)23(16-37)18-39(27)29(41)11-8-12-30(42)40-17-22(15-36)32-25-10-7-6-9-24(25)26(14-28(32)40)38-35(3,4)5/h6-7,9-10,13-14,19,22-23,38H,8,11-12,15-18H2,1-5H3/t22-,23-/m1/s1/i8D2. The second-order valence-corrected chi connectivity index (χ2v) is 14.3. The molecule has 0 aliphatic carbocycles. The molecule has 2 amide bonds. The zero-order chi connectivity index (χ0) is 32.4. The molecule has 2 atom stereocenters. The van der Waals surface area contributed by atoms with E-state index in [-0.39, 0.29) is 29.2 Å². The predicted molar refractivity (Wildman–Crippen MR) is 184 cm³/mol. The van der Waals surface area contributed by atoms with Gasteiger partial charge in [0.1, 0.15) is 0 Å². The van der Waals surface area contributed by atoms with Gasteiger partial charge in [-0.3, -0.25) is 9.59 Å². The van der Waals surface area contributed by atoms with Crippen LogP contribution >= 0.6 is 34.5 Å². The molecule has 1 aromatic heterocycles. The Labute approximate surface area is 270 Å². The van der Waals surface area contributed by atoms with Crippen LogP contribution in [0.15, 0.2) is 41.8 Å². The van der Waals surface area contributed by atoms with Crippen molar-refractivity contribution < 1.29 is 12.3 Å². The summed E-state index contributed by atoms with van der Waals surface area (Å²) in [6.45, 7) is 11.2. The normalized spacial score (nSPS) is 19.0. The second-order valence-electron chi connectivity index (χ2n) is 12.8. The molecule has 0 saturated heterocycles. The molecule has 3 aromatic carbocycles. The lowest BCUT2D eigenvalue weighted by atomic mass is 9.94. The molecule has 0 bridgehead atoms. The third-order valence-electron chi connectivity index (χ3n) is 8.54. The lowest BCUT2D eigenvalue weighted by Crippen LogP contribution is -2.32. The first-order valence-electron chi connectivity index (χ1n) is 15.8. The van der Waals surface area contributed by atoms with E-state index in [0.717, 1.165) is 55.5 Å². The maximum atomic E-state index is 13.9. The zero-order valence-electron chi connectivity index (χ0n) is 27.3. The summed E-state index contributed by atoms with van der Waals surface area (Å²) >= 11 is 14.6. The van der Waals surface area contributed by atoms with Gasteiger partial charge in [-0.15, -0.1) is 34.5 Å². The van der Waals surface area contributed by atoms with Gasteiger partial charge < -0.3 is 15.1 Å². The first-order valence-corrected chi connectivity index (χ1v) is 16.8. The number of alkyl halides is 2. The van der Waals surface area contributed by atoms with Gasteiger partial charge in [-0.25, -0.2) is 0 Å². The minimum absolute atomic E-state index is 0.0335. The van der Waals surface area contributed by atoms with Crippen LogP contribution in [0.4, 0.5) is 17.1 Å².